The fourth-order valence-electron chi connectivity index (χ4n) is 2.58. The van der Waals surface area contributed by atoms with Gasteiger partial charge in [-0.2, -0.15) is 0 Å². The van der Waals surface area contributed by atoms with Crippen LogP contribution in [0.5, 0.6) is 0 Å². The molecule has 0 amide bonds. The molecule has 1 fully saturated rings. The fourth-order valence-corrected chi connectivity index (χ4v) is 2.58. The van der Waals surface area contributed by atoms with Crippen LogP contribution in [0.25, 0.3) is 0 Å². The number of nitrogens with two attached hydrogens (primary N) is 1. The number of methoxy groups -OCH3 is 1. The molecule has 18 heavy (non-hydrogen) atoms. The minimum atomic E-state index is -0.0158. The zero-order valence-electron chi connectivity index (χ0n) is 11.6. The second kappa shape index (κ2) is 5.29. The van der Waals surface area contributed by atoms with Crippen molar-refractivity contribution in [2.24, 2.45) is 5.73 Å². The van der Waals surface area contributed by atoms with Crippen molar-refractivity contribution in [1.82, 2.24) is 0 Å². The number of piperidine rings is 1. The molecule has 3 nitrogen and oxygen atoms in total. The summed E-state index contributed by atoms with van der Waals surface area (Å²) in [5.41, 5.74) is 8.31. The van der Waals surface area contributed by atoms with Crippen LogP contribution in [0.4, 0.5) is 5.69 Å². The van der Waals surface area contributed by atoms with Crippen LogP contribution in [-0.4, -0.2) is 25.8 Å². The van der Waals surface area contributed by atoms with E-state index in [1.165, 1.54) is 17.7 Å². The Morgan fingerprint density at radius 1 is 1.33 bits per heavy atom. The Hall–Kier alpha value is -1.06. The molecule has 0 radical (unpaired) electrons. The third kappa shape index (κ3) is 2.85. The van der Waals surface area contributed by atoms with E-state index in [9.17, 15) is 0 Å². The van der Waals surface area contributed by atoms with Gasteiger partial charge in [0.25, 0.3) is 0 Å². The van der Waals surface area contributed by atoms with Crippen molar-refractivity contribution in [2.45, 2.75) is 38.3 Å². The van der Waals surface area contributed by atoms with Crippen LogP contribution in [0, 0.1) is 0 Å². The summed E-state index contributed by atoms with van der Waals surface area (Å²) >= 11 is 0. The molecule has 2 unspecified atom stereocenters. The van der Waals surface area contributed by atoms with Crippen LogP contribution in [0.2, 0.25) is 0 Å². The van der Waals surface area contributed by atoms with Gasteiger partial charge in [0.05, 0.1) is 5.60 Å². The van der Waals surface area contributed by atoms with Gasteiger partial charge in [-0.05, 0) is 44.4 Å². The monoisotopic (exact) mass is 248 g/mol. The van der Waals surface area contributed by atoms with E-state index in [1.807, 2.05) is 14.0 Å². The Morgan fingerprint density at radius 2 is 2.00 bits per heavy atom. The summed E-state index contributed by atoms with van der Waals surface area (Å²) in [5.74, 6) is 0. The first-order valence-electron chi connectivity index (χ1n) is 6.70. The molecule has 1 saturated heterocycles. The van der Waals surface area contributed by atoms with Crippen molar-refractivity contribution in [3.63, 3.8) is 0 Å². The Bertz CT molecular complexity index is 388. The van der Waals surface area contributed by atoms with Gasteiger partial charge in [-0.1, -0.05) is 12.1 Å². The van der Waals surface area contributed by atoms with Crippen LogP contribution < -0.4 is 10.6 Å². The van der Waals surface area contributed by atoms with Crippen molar-refractivity contribution in [3.8, 4) is 0 Å². The topological polar surface area (TPSA) is 38.5 Å². The Kier molecular flexibility index (Phi) is 3.93. The third-order valence-electron chi connectivity index (χ3n) is 3.94. The van der Waals surface area contributed by atoms with Crippen LogP contribution in [0.3, 0.4) is 0 Å². The summed E-state index contributed by atoms with van der Waals surface area (Å²) in [4.78, 5) is 2.40. The summed E-state index contributed by atoms with van der Waals surface area (Å²) in [6.07, 6.45) is 2.32. The van der Waals surface area contributed by atoms with Gasteiger partial charge in [0.1, 0.15) is 0 Å². The molecule has 1 heterocycles. The lowest BCUT2D eigenvalue weighted by molar-refractivity contribution is -0.00465. The van der Waals surface area contributed by atoms with Gasteiger partial charge in [-0.25, -0.2) is 0 Å². The SMILES string of the molecule is COC1(C)CCCN(c2ccc(C(C)N)cc2)C1. The normalized spacial score (nSPS) is 26.1. The maximum absolute atomic E-state index is 5.87. The van der Waals surface area contributed by atoms with E-state index in [4.69, 9.17) is 10.5 Å². The van der Waals surface area contributed by atoms with Gasteiger partial charge in [0.2, 0.25) is 0 Å². The molecule has 0 spiro atoms. The fraction of sp³-hybridized carbons (Fsp3) is 0.600. The highest BCUT2D eigenvalue weighted by atomic mass is 16.5. The highest BCUT2D eigenvalue weighted by molar-refractivity contribution is 5.48. The standard InChI is InChI=1S/C15H24N2O/c1-12(16)13-5-7-14(8-6-13)17-10-4-9-15(2,11-17)18-3/h5-8,12H,4,9-11,16H2,1-3H3. The van der Waals surface area contributed by atoms with Crippen LogP contribution in [0.1, 0.15) is 38.3 Å². The summed E-state index contributed by atoms with van der Waals surface area (Å²) in [6, 6.07) is 8.68. The van der Waals surface area contributed by atoms with E-state index in [1.54, 1.807) is 0 Å². The summed E-state index contributed by atoms with van der Waals surface area (Å²) < 4.78 is 5.63. The number of ether oxygens (including phenoxy) is 1. The number of benzene rings is 1. The smallest absolute Gasteiger partial charge is 0.0825 e. The first-order chi connectivity index (χ1) is 8.54. The summed E-state index contributed by atoms with van der Waals surface area (Å²) in [6.45, 7) is 6.27. The average molecular weight is 248 g/mol. The van der Waals surface area contributed by atoms with E-state index < -0.39 is 0 Å². The number of rotatable bonds is 3. The number of hydrogen-bond acceptors (Lipinski definition) is 3. The first kappa shape index (κ1) is 13.4. The second-order valence-electron chi connectivity index (χ2n) is 5.56. The van der Waals surface area contributed by atoms with E-state index in [-0.39, 0.29) is 11.6 Å². The van der Waals surface area contributed by atoms with E-state index in [0.29, 0.717) is 0 Å². The molecule has 1 aliphatic rings. The molecule has 3 heteroatoms. The maximum Gasteiger partial charge on any atom is 0.0825 e. The van der Waals surface area contributed by atoms with E-state index in [2.05, 4.69) is 36.1 Å². The molecule has 2 N–H and O–H groups in total. The van der Waals surface area contributed by atoms with Crippen molar-refractivity contribution in [3.05, 3.63) is 29.8 Å². The van der Waals surface area contributed by atoms with Crippen LogP contribution >= 0.6 is 0 Å². The number of anilines is 1. The molecule has 0 aromatic heterocycles. The summed E-state index contributed by atoms with van der Waals surface area (Å²) in [5, 5.41) is 0. The van der Waals surface area contributed by atoms with Gasteiger partial charge in [-0.15, -0.1) is 0 Å². The zero-order chi connectivity index (χ0) is 13.2. The Balaban J connectivity index is 2.11. The zero-order valence-corrected chi connectivity index (χ0v) is 11.6. The molecule has 2 rings (SSSR count). The molecule has 100 valence electrons. The molecule has 0 saturated carbocycles. The molecule has 1 aromatic rings. The number of hydrogen-bond donors (Lipinski definition) is 1. The van der Waals surface area contributed by atoms with E-state index in [0.717, 1.165) is 19.5 Å². The third-order valence-corrected chi connectivity index (χ3v) is 3.94. The molecular formula is C15H24N2O. The molecule has 0 bridgehead atoms. The van der Waals surface area contributed by atoms with Gasteiger partial charge in [0, 0.05) is 31.9 Å². The van der Waals surface area contributed by atoms with Crippen molar-refractivity contribution >= 4 is 5.69 Å². The predicted octanol–water partition coefficient (Wildman–Crippen LogP) is 2.71. The van der Waals surface area contributed by atoms with Gasteiger partial charge in [0.15, 0.2) is 0 Å². The van der Waals surface area contributed by atoms with Crippen molar-refractivity contribution < 1.29 is 4.74 Å². The first-order valence-corrected chi connectivity index (χ1v) is 6.70. The molecule has 1 aromatic carbocycles. The average Bonchev–Trinajstić information content (AvgIpc) is 2.39. The maximum atomic E-state index is 5.87. The Labute approximate surface area is 110 Å². The van der Waals surface area contributed by atoms with Crippen LogP contribution in [0.15, 0.2) is 24.3 Å². The van der Waals surface area contributed by atoms with E-state index >= 15 is 0 Å². The lowest BCUT2D eigenvalue weighted by Gasteiger charge is -2.40. The van der Waals surface area contributed by atoms with Gasteiger partial charge in [-0.3, -0.25) is 0 Å². The Morgan fingerprint density at radius 3 is 2.56 bits per heavy atom. The predicted molar refractivity (Wildman–Crippen MR) is 75.9 cm³/mol. The lowest BCUT2D eigenvalue weighted by atomic mass is 9.94. The van der Waals surface area contributed by atoms with Gasteiger partial charge >= 0.3 is 0 Å². The number of nitrogens with zero attached hydrogens (tertiary/aromatic N) is 1. The lowest BCUT2D eigenvalue weighted by Crippen LogP contribution is -2.47. The molecule has 1 aliphatic heterocycles. The molecule has 0 aliphatic carbocycles. The van der Waals surface area contributed by atoms with Gasteiger partial charge < -0.3 is 15.4 Å². The minimum absolute atomic E-state index is 0.0158. The quantitative estimate of drug-likeness (QED) is 0.894. The van der Waals surface area contributed by atoms with Crippen LogP contribution in [-0.2, 0) is 4.74 Å². The molecule has 2 atom stereocenters. The highest BCUT2D eigenvalue weighted by Crippen LogP contribution is 2.28. The largest absolute Gasteiger partial charge is 0.377 e. The summed E-state index contributed by atoms with van der Waals surface area (Å²) in [7, 11) is 1.81. The second-order valence-corrected chi connectivity index (χ2v) is 5.56. The highest BCUT2D eigenvalue weighted by Gasteiger charge is 2.30. The van der Waals surface area contributed by atoms with Crippen molar-refractivity contribution in [2.75, 3.05) is 25.1 Å². The van der Waals surface area contributed by atoms with Crippen molar-refractivity contribution in [1.29, 1.82) is 0 Å². The molecular weight excluding hydrogens is 224 g/mol. The minimum Gasteiger partial charge on any atom is -0.377 e.